The molecule has 0 heterocycles. The van der Waals surface area contributed by atoms with Gasteiger partial charge in [0.15, 0.2) is 7.14 Å². The van der Waals surface area contributed by atoms with Crippen LogP contribution >= 0.6 is 7.14 Å². The molecule has 0 saturated carbocycles. The molecule has 0 fully saturated rings. The molecule has 4 aromatic carbocycles. The Bertz CT molecular complexity index is 1030. The van der Waals surface area contributed by atoms with Crippen LogP contribution in [0.2, 0.25) is 0 Å². The highest BCUT2D eigenvalue weighted by atomic mass is 31.2. The van der Waals surface area contributed by atoms with Gasteiger partial charge in [-0.1, -0.05) is 96.5 Å². The minimum absolute atomic E-state index is 0.731. The minimum atomic E-state index is -2.92. The first kappa shape index (κ1) is 15.9. The van der Waals surface area contributed by atoms with E-state index in [1.54, 1.807) is 0 Å². The molecule has 0 bridgehead atoms. The quantitative estimate of drug-likeness (QED) is 0.414. The molecule has 0 aliphatic rings. The van der Waals surface area contributed by atoms with Gasteiger partial charge in [-0.2, -0.15) is 0 Å². The molecule has 0 amide bonds. The van der Waals surface area contributed by atoms with Crippen LogP contribution in [0, 0.1) is 0 Å². The third-order valence-electron chi connectivity index (χ3n) is 4.45. The molecule has 3 heteroatoms. The summed E-state index contributed by atoms with van der Waals surface area (Å²) in [7, 11) is 2.95. The average Bonchev–Trinajstić information content (AvgIpc) is 2.68. The van der Waals surface area contributed by atoms with Crippen molar-refractivity contribution in [1.82, 2.24) is 0 Å². The first-order chi connectivity index (χ1) is 12.2. The van der Waals surface area contributed by atoms with Crippen LogP contribution in [0.1, 0.15) is 0 Å². The van der Waals surface area contributed by atoms with E-state index < -0.39 is 7.14 Å². The van der Waals surface area contributed by atoms with Crippen LogP contribution in [-0.4, -0.2) is 7.85 Å². The van der Waals surface area contributed by atoms with E-state index in [1.807, 2.05) is 97.1 Å². The molecule has 0 N–H and O–H groups in total. The molecular formula is C22H16BOP. The van der Waals surface area contributed by atoms with Gasteiger partial charge in [0.05, 0.1) is 0 Å². The molecule has 4 rings (SSSR count). The smallest absolute Gasteiger partial charge is 0.171 e. The minimum Gasteiger partial charge on any atom is -0.309 e. The maximum atomic E-state index is 14.3. The number of rotatable bonds is 3. The summed E-state index contributed by atoms with van der Waals surface area (Å²) >= 11 is 0. The lowest BCUT2D eigenvalue weighted by Crippen LogP contribution is -2.24. The maximum Gasteiger partial charge on any atom is 0.171 e. The SMILES string of the molecule is [B]c1ccc2cc(P(=O)(c3ccccc3)c3ccccc3)ccc2c1. The van der Waals surface area contributed by atoms with Crippen molar-refractivity contribution < 1.29 is 4.57 Å². The summed E-state index contributed by atoms with van der Waals surface area (Å²) in [5.74, 6) is 0. The molecule has 0 unspecified atom stereocenters. The summed E-state index contributed by atoms with van der Waals surface area (Å²) in [5.41, 5.74) is 0.731. The molecule has 0 aliphatic heterocycles. The second-order valence-corrected chi connectivity index (χ2v) is 8.84. The lowest BCUT2D eigenvalue weighted by molar-refractivity contribution is 0.592. The Morgan fingerprint density at radius 3 is 1.68 bits per heavy atom. The molecular weight excluding hydrogens is 322 g/mol. The number of hydrogen-bond acceptors (Lipinski definition) is 1. The van der Waals surface area contributed by atoms with Gasteiger partial charge in [0.25, 0.3) is 0 Å². The van der Waals surface area contributed by atoms with E-state index in [0.717, 1.165) is 32.1 Å². The second-order valence-electron chi connectivity index (χ2n) is 6.07. The highest BCUT2D eigenvalue weighted by Gasteiger charge is 2.29. The van der Waals surface area contributed by atoms with E-state index in [2.05, 4.69) is 0 Å². The summed E-state index contributed by atoms with van der Waals surface area (Å²) in [6, 6.07) is 31.2. The third-order valence-corrected chi connectivity index (χ3v) is 7.51. The van der Waals surface area contributed by atoms with Crippen LogP contribution in [0.5, 0.6) is 0 Å². The fourth-order valence-electron chi connectivity index (χ4n) is 3.17. The van der Waals surface area contributed by atoms with E-state index in [9.17, 15) is 4.57 Å². The average molecular weight is 338 g/mol. The molecule has 2 radical (unpaired) electrons. The standard InChI is InChI=1S/C22H16BOP/c23-19-13-11-18-16-22(14-12-17(18)15-19)25(24,20-7-3-1-4-8-20)21-9-5-2-6-10-21/h1-16H. The number of hydrogen-bond donors (Lipinski definition) is 0. The van der Waals surface area contributed by atoms with Crippen LogP contribution in [0.25, 0.3) is 10.8 Å². The van der Waals surface area contributed by atoms with Gasteiger partial charge in [-0.25, -0.2) is 0 Å². The molecule has 25 heavy (non-hydrogen) atoms. The Morgan fingerprint density at radius 2 is 1.08 bits per heavy atom. The highest BCUT2D eigenvalue weighted by Crippen LogP contribution is 2.42. The summed E-state index contributed by atoms with van der Waals surface area (Å²) in [6.07, 6.45) is 0. The van der Waals surface area contributed by atoms with E-state index in [-0.39, 0.29) is 0 Å². The van der Waals surface area contributed by atoms with Crippen molar-refractivity contribution in [1.29, 1.82) is 0 Å². The van der Waals surface area contributed by atoms with E-state index in [1.165, 1.54) is 0 Å². The van der Waals surface area contributed by atoms with E-state index in [0.29, 0.717) is 0 Å². The van der Waals surface area contributed by atoms with Crippen molar-refractivity contribution in [2.24, 2.45) is 0 Å². The van der Waals surface area contributed by atoms with Gasteiger partial charge in [0.1, 0.15) is 7.85 Å². The predicted octanol–water partition coefficient (Wildman–Crippen LogP) is 3.27. The monoisotopic (exact) mass is 338 g/mol. The summed E-state index contributed by atoms with van der Waals surface area (Å²) in [5, 5.41) is 4.62. The Balaban J connectivity index is 1.99. The summed E-state index contributed by atoms with van der Waals surface area (Å²) in [4.78, 5) is 0. The third kappa shape index (κ3) is 2.84. The van der Waals surface area contributed by atoms with Gasteiger partial charge in [0.2, 0.25) is 0 Å². The van der Waals surface area contributed by atoms with Crippen LogP contribution in [-0.2, 0) is 4.57 Å². The van der Waals surface area contributed by atoms with Gasteiger partial charge >= 0.3 is 0 Å². The Labute approximate surface area is 149 Å². The maximum absolute atomic E-state index is 14.3. The van der Waals surface area contributed by atoms with Crippen LogP contribution in [0.3, 0.4) is 0 Å². The van der Waals surface area contributed by atoms with Gasteiger partial charge in [-0.3, -0.25) is 0 Å². The predicted molar refractivity (Wildman–Crippen MR) is 109 cm³/mol. The highest BCUT2D eigenvalue weighted by molar-refractivity contribution is 7.85. The van der Waals surface area contributed by atoms with Crippen molar-refractivity contribution in [2.75, 3.05) is 0 Å². The Morgan fingerprint density at radius 1 is 0.560 bits per heavy atom. The van der Waals surface area contributed by atoms with E-state index in [4.69, 9.17) is 7.85 Å². The molecule has 118 valence electrons. The lowest BCUT2D eigenvalue weighted by Gasteiger charge is -2.20. The van der Waals surface area contributed by atoms with Crippen LogP contribution < -0.4 is 21.4 Å². The second kappa shape index (κ2) is 6.39. The zero-order chi connectivity index (χ0) is 17.3. The fraction of sp³-hybridized carbons (Fsp3) is 0. The molecule has 4 aromatic rings. The van der Waals surface area contributed by atoms with Crippen LogP contribution in [0.4, 0.5) is 0 Å². The van der Waals surface area contributed by atoms with Crippen molar-refractivity contribution >= 4 is 47.1 Å². The molecule has 0 aromatic heterocycles. The zero-order valence-corrected chi connectivity index (χ0v) is 14.6. The van der Waals surface area contributed by atoms with Crippen molar-refractivity contribution in [3.05, 3.63) is 97.1 Å². The van der Waals surface area contributed by atoms with Gasteiger partial charge in [0, 0.05) is 15.9 Å². The lowest BCUT2D eigenvalue weighted by atomic mass is 9.94. The van der Waals surface area contributed by atoms with Crippen molar-refractivity contribution in [3.63, 3.8) is 0 Å². The van der Waals surface area contributed by atoms with Gasteiger partial charge < -0.3 is 4.57 Å². The fourth-order valence-corrected chi connectivity index (χ4v) is 5.85. The van der Waals surface area contributed by atoms with Crippen LogP contribution in [0.15, 0.2) is 97.1 Å². The first-order valence-corrected chi connectivity index (χ1v) is 9.90. The van der Waals surface area contributed by atoms with Gasteiger partial charge in [-0.05, 0) is 16.8 Å². The molecule has 0 spiro atoms. The number of benzene rings is 4. The van der Waals surface area contributed by atoms with Crippen molar-refractivity contribution in [2.45, 2.75) is 0 Å². The zero-order valence-electron chi connectivity index (χ0n) is 13.7. The van der Waals surface area contributed by atoms with Gasteiger partial charge in [-0.15, -0.1) is 0 Å². The molecule has 1 nitrogen and oxygen atoms in total. The normalized spacial score (nSPS) is 11.5. The molecule has 0 saturated heterocycles. The topological polar surface area (TPSA) is 17.1 Å². The van der Waals surface area contributed by atoms with E-state index >= 15 is 0 Å². The summed E-state index contributed by atoms with van der Waals surface area (Å²) < 4.78 is 14.3. The largest absolute Gasteiger partial charge is 0.309 e. The Hall–Kier alpha value is -2.57. The first-order valence-electron chi connectivity index (χ1n) is 8.19. The van der Waals surface area contributed by atoms with Crippen molar-refractivity contribution in [3.8, 4) is 0 Å². The summed E-state index contributed by atoms with van der Waals surface area (Å²) in [6.45, 7) is 0. The number of fused-ring (bicyclic) bond motifs is 1. The molecule has 0 atom stereocenters. The molecule has 0 aliphatic carbocycles. The Kier molecular flexibility index (Phi) is 4.07.